The number of nitrogens with zero attached hydrogens (tertiary/aromatic N) is 1. The zero-order valence-electron chi connectivity index (χ0n) is 10.8. The molecule has 2 aliphatic rings. The fraction of sp³-hybridized carbons (Fsp3) is 0.312. The first-order valence-corrected chi connectivity index (χ1v) is 7.19. The van der Waals surface area contributed by atoms with E-state index < -0.39 is 0 Å². The van der Waals surface area contributed by atoms with Crippen LogP contribution in [0.25, 0.3) is 5.76 Å². The van der Waals surface area contributed by atoms with Crippen molar-refractivity contribution >= 4 is 23.0 Å². The number of hydrogen-bond acceptors (Lipinski definition) is 3. The Morgan fingerprint density at radius 2 is 1.79 bits per heavy atom. The summed E-state index contributed by atoms with van der Waals surface area (Å²) in [5, 5.41) is 0.587. The van der Waals surface area contributed by atoms with Crippen molar-refractivity contribution in [3.63, 3.8) is 0 Å². The molecule has 0 N–H and O–H groups in total. The maximum Gasteiger partial charge on any atom is 0.199 e. The molecule has 1 aromatic rings. The van der Waals surface area contributed by atoms with E-state index in [9.17, 15) is 0 Å². The predicted molar refractivity (Wildman–Crippen MR) is 81.6 cm³/mol. The van der Waals surface area contributed by atoms with E-state index in [-0.39, 0.29) is 0 Å². The molecule has 2 nitrogen and oxygen atoms in total. The lowest BCUT2D eigenvalue weighted by Gasteiger charge is -2.25. The van der Waals surface area contributed by atoms with Gasteiger partial charge in [-0.3, -0.25) is 0 Å². The standard InChI is InChI=1S/C16H17NOS/c19-16-14(12-17-9-5-2-6-10-17)11-15(18-16)13-7-3-1-4-8-13/h1,3-4,7-8,11-12H,2,5-6,9-10H2. The summed E-state index contributed by atoms with van der Waals surface area (Å²) in [5.41, 5.74) is 2.10. The molecule has 0 spiro atoms. The van der Waals surface area contributed by atoms with Crippen LogP contribution in [0.2, 0.25) is 0 Å². The third kappa shape index (κ3) is 2.87. The molecule has 0 saturated carbocycles. The summed E-state index contributed by atoms with van der Waals surface area (Å²) >= 11 is 5.32. The van der Waals surface area contributed by atoms with Crippen molar-refractivity contribution < 1.29 is 4.74 Å². The van der Waals surface area contributed by atoms with E-state index in [1.807, 2.05) is 36.4 Å². The molecule has 1 saturated heterocycles. The highest BCUT2D eigenvalue weighted by Crippen LogP contribution is 2.27. The summed E-state index contributed by atoms with van der Waals surface area (Å²) in [7, 11) is 0. The lowest BCUT2D eigenvalue weighted by molar-refractivity contribution is 0.308. The highest BCUT2D eigenvalue weighted by molar-refractivity contribution is 7.80. The minimum Gasteiger partial charge on any atom is -0.445 e. The smallest absolute Gasteiger partial charge is 0.199 e. The second-order valence-corrected chi connectivity index (χ2v) is 5.32. The molecule has 0 aromatic heterocycles. The van der Waals surface area contributed by atoms with Crippen LogP contribution in [0, 0.1) is 0 Å². The molecule has 19 heavy (non-hydrogen) atoms. The van der Waals surface area contributed by atoms with E-state index in [0.29, 0.717) is 5.05 Å². The average molecular weight is 271 g/mol. The minimum atomic E-state index is 0.587. The van der Waals surface area contributed by atoms with Gasteiger partial charge < -0.3 is 9.64 Å². The van der Waals surface area contributed by atoms with Gasteiger partial charge in [0.1, 0.15) is 5.76 Å². The molecule has 0 atom stereocenters. The lowest BCUT2D eigenvalue weighted by Crippen LogP contribution is -2.25. The van der Waals surface area contributed by atoms with Crippen molar-refractivity contribution in [2.75, 3.05) is 13.1 Å². The predicted octanol–water partition coefficient (Wildman–Crippen LogP) is 3.75. The van der Waals surface area contributed by atoms with Gasteiger partial charge in [0.25, 0.3) is 0 Å². The second kappa shape index (κ2) is 5.57. The van der Waals surface area contributed by atoms with Gasteiger partial charge in [0.05, 0.1) is 0 Å². The highest BCUT2D eigenvalue weighted by Gasteiger charge is 2.19. The number of thiocarbonyl (C=S) groups is 1. The Balaban J connectivity index is 1.81. The first-order chi connectivity index (χ1) is 9.33. The summed E-state index contributed by atoms with van der Waals surface area (Å²) in [4.78, 5) is 2.35. The molecule has 0 amide bonds. The molecule has 3 heteroatoms. The Bertz CT molecular complexity index is 527. The Morgan fingerprint density at radius 3 is 2.53 bits per heavy atom. The molecule has 1 aromatic carbocycles. The fourth-order valence-electron chi connectivity index (χ4n) is 2.47. The van der Waals surface area contributed by atoms with Crippen molar-refractivity contribution in [3.05, 3.63) is 53.7 Å². The third-order valence-electron chi connectivity index (χ3n) is 3.50. The normalized spacial score (nSPS) is 21.5. The van der Waals surface area contributed by atoms with Crippen LogP contribution in [0.1, 0.15) is 24.8 Å². The van der Waals surface area contributed by atoms with Gasteiger partial charge in [-0.25, -0.2) is 0 Å². The topological polar surface area (TPSA) is 12.5 Å². The molecule has 3 rings (SSSR count). The van der Waals surface area contributed by atoms with Gasteiger partial charge >= 0.3 is 0 Å². The van der Waals surface area contributed by atoms with Gasteiger partial charge in [-0.2, -0.15) is 0 Å². The number of benzene rings is 1. The number of likely N-dealkylation sites (tertiary alicyclic amines) is 1. The van der Waals surface area contributed by atoms with Crippen LogP contribution >= 0.6 is 12.2 Å². The van der Waals surface area contributed by atoms with Gasteiger partial charge in [-0.15, -0.1) is 0 Å². The Labute approximate surface area is 119 Å². The van der Waals surface area contributed by atoms with Gasteiger partial charge in [0.2, 0.25) is 0 Å². The van der Waals surface area contributed by atoms with Crippen molar-refractivity contribution in [1.82, 2.24) is 4.90 Å². The van der Waals surface area contributed by atoms with Crippen molar-refractivity contribution in [1.29, 1.82) is 0 Å². The Kier molecular flexibility index (Phi) is 3.65. The largest absolute Gasteiger partial charge is 0.445 e. The van der Waals surface area contributed by atoms with Gasteiger partial charge in [-0.05, 0) is 37.6 Å². The van der Waals surface area contributed by atoms with Crippen molar-refractivity contribution in [2.24, 2.45) is 0 Å². The minimum absolute atomic E-state index is 0.587. The molecule has 1 fully saturated rings. The highest BCUT2D eigenvalue weighted by atomic mass is 32.1. The lowest BCUT2D eigenvalue weighted by atomic mass is 10.1. The number of ether oxygens (including phenoxy) is 1. The van der Waals surface area contributed by atoms with Crippen LogP contribution in [-0.4, -0.2) is 23.0 Å². The molecular formula is C16H17NOS. The fourth-order valence-corrected chi connectivity index (χ4v) is 2.67. The van der Waals surface area contributed by atoms with Gasteiger partial charge in [0, 0.05) is 30.4 Å². The van der Waals surface area contributed by atoms with Gasteiger partial charge in [-0.1, -0.05) is 30.3 Å². The van der Waals surface area contributed by atoms with E-state index >= 15 is 0 Å². The zero-order valence-corrected chi connectivity index (χ0v) is 11.7. The first-order valence-electron chi connectivity index (χ1n) is 6.78. The van der Waals surface area contributed by atoms with E-state index in [1.54, 1.807) is 0 Å². The maximum absolute atomic E-state index is 5.70. The quantitative estimate of drug-likeness (QED) is 0.600. The third-order valence-corrected chi connectivity index (χ3v) is 3.81. The van der Waals surface area contributed by atoms with Crippen LogP contribution in [0.3, 0.4) is 0 Å². The summed E-state index contributed by atoms with van der Waals surface area (Å²) in [6.07, 6.45) is 8.08. The summed E-state index contributed by atoms with van der Waals surface area (Å²) in [6.45, 7) is 2.25. The molecule has 0 radical (unpaired) electrons. The Hall–Kier alpha value is -1.61. The molecule has 0 unspecified atom stereocenters. The van der Waals surface area contributed by atoms with Gasteiger partial charge in [0.15, 0.2) is 5.05 Å². The molecule has 98 valence electrons. The SMILES string of the molecule is S=C1OC(c2ccccc2)=CC1=CN1CCCCC1. The van der Waals surface area contributed by atoms with Crippen LogP contribution < -0.4 is 0 Å². The number of rotatable bonds is 2. The molecular weight excluding hydrogens is 254 g/mol. The second-order valence-electron chi connectivity index (χ2n) is 4.95. The molecule has 0 bridgehead atoms. The van der Waals surface area contributed by atoms with Crippen molar-refractivity contribution in [3.8, 4) is 0 Å². The van der Waals surface area contributed by atoms with Crippen LogP contribution in [0.5, 0.6) is 0 Å². The van der Waals surface area contributed by atoms with E-state index in [1.165, 1.54) is 19.3 Å². The Morgan fingerprint density at radius 1 is 1.05 bits per heavy atom. The molecule has 2 aliphatic heterocycles. The monoisotopic (exact) mass is 271 g/mol. The van der Waals surface area contributed by atoms with E-state index in [2.05, 4.69) is 11.1 Å². The summed E-state index contributed by atoms with van der Waals surface area (Å²) in [5.74, 6) is 0.855. The van der Waals surface area contributed by atoms with Crippen LogP contribution in [0.15, 0.2) is 48.2 Å². The molecule has 0 aliphatic carbocycles. The molecule has 2 heterocycles. The number of piperidine rings is 1. The van der Waals surface area contributed by atoms with Crippen LogP contribution in [0.4, 0.5) is 0 Å². The maximum atomic E-state index is 5.70. The zero-order chi connectivity index (χ0) is 13.1. The van der Waals surface area contributed by atoms with E-state index in [0.717, 1.165) is 30.0 Å². The van der Waals surface area contributed by atoms with Crippen molar-refractivity contribution in [2.45, 2.75) is 19.3 Å². The number of hydrogen-bond donors (Lipinski definition) is 0. The summed E-state index contributed by atoms with van der Waals surface area (Å²) in [6, 6.07) is 10.1. The average Bonchev–Trinajstić information content (AvgIpc) is 2.82. The van der Waals surface area contributed by atoms with E-state index in [4.69, 9.17) is 17.0 Å². The van der Waals surface area contributed by atoms with Crippen LogP contribution in [-0.2, 0) is 4.74 Å². The summed E-state index contributed by atoms with van der Waals surface area (Å²) < 4.78 is 5.70. The first kappa shape index (κ1) is 12.4.